The standard InChI is InChI=1S/C21H23N3O4S/c1-4-26-17-11-10-15(12-18(17)27-5-2)22-19(25)13-29-21-24-23-20(28-21)16-9-7-6-8-14(16)3/h6-12H,4-5,13H2,1-3H3,(H,22,25). The highest BCUT2D eigenvalue weighted by molar-refractivity contribution is 7.99. The highest BCUT2D eigenvalue weighted by atomic mass is 32.2. The van der Waals surface area contributed by atoms with Gasteiger partial charge in [0, 0.05) is 17.3 Å². The summed E-state index contributed by atoms with van der Waals surface area (Å²) in [4.78, 5) is 12.3. The van der Waals surface area contributed by atoms with Crippen LogP contribution in [0.4, 0.5) is 5.69 Å². The number of hydrogen-bond donors (Lipinski definition) is 1. The van der Waals surface area contributed by atoms with Crippen molar-refractivity contribution in [1.82, 2.24) is 10.2 Å². The van der Waals surface area contributed by atoms with Crippen LogP contribution in [0.1, 0.15) is 19.4 Å². The van der Waals surface area contributed by atoms with E-state index in [1.807, 2.05) is 45.0 Å². The highest BCUT2D eigenvalue weighted by Gasteiger charge is 2.13. The van der Waals surface area contributed by atoms with Crippen molar-refractivity contribution in [3.63, 3.8) is 0 Å². The summed E-state index contributed by atoms with van der Waals surface area (Å²) in [5.41, 5.74) is 2.56. The van der Waals surface area contributed by atoms with E-state index >= 15 is 0 Å². The van der Waals surface area contributed by atoms with Crippen LogP contribution in [0.5, 0.6) is 11.5 Å². The number of nitrogens with one attached hydrogen (secondary N) is 1. The second-order valence-electron chi connectivity index (χ2n) is 6.05. The summed E-state index contributed by atoms with van der Waals surface area (Å²) in [6.07, 6.45) is 0. The first-order valence-electron chi connectivity index (χ1n) is 9.32. The predicted molar refractivity (Wildman–Crippen MR) is 113 cm³/mol. The fourth-order valence-electron chi connectivity index (χ4n) is 2.64. The molecule has 0 aliphatic heterocycles. The molecule has 1 N–H and O–H groups in total. The molecule has 0 saturated carbocycles. The molecule has 1 heterocycles. The van der Waals surface area contributed by atoms with Crippen LogP contribution in [0.15, 0.2) is 52.1 Å². The average molecular weight is 413 g/mol. The first-order chi connectivity index (χ1) is 14.1. The molecule has 7 nitrogen and oxygen atoms in total. The van der Waals surface area contributed by atoms with Gasteiger partial charge in [0.05, 0.1) is 19.0 Å². The van der Waals surface area contributed by atoms with Crippen LogP contribution >= 0.6 is 11.8 Å². The number of thioether (sulfide) groups is 1. The second-order valence-corrected chi connectivity index (χ2v) is 6.98. The molecule has 0 aliphatic rings. The number of carbonyl (C=O) groups excluding carboxylic acids is 1. The molecular weight excluding hydrogens is 390 g/mol. The Kier molecular flexibility index (Phi) is 7.13. The number of nitrogens with zero attached hydrogens (tertiary/aromatic N) is 2. The summed E-state index contributed by atoms with van der Waals surface area (Å²) in [5, 5.41) is 11.3. The summed E-state index contributed by atoms with van der Waals surface area (Å²) < 4.78 is 16.8. The van der Waals surface area contributed by atoms with Crippen molar-refractivity contribution in [2.75, 3.05) is 24.3 Å². The molecule has 152 valence electrons. The Morgan fingerprint density at radius 1 is 1.07 bits per heavy atom. The quantitative estimate of drug-likeness (QED) is 0.514. The molecule has 0 saturated heterocycles. The van der Waals surface area contributed by atoms with Crippen molar-refractivity contribution < 1.29 is 18.7 Å². The monoisotopic (exact) mass is 413 g/mol. The maximum absolute atomic E-state index is 12.3. The van der Waals surface area contributed by atoms with Gasteiger partial charge in [-0.05, 0) is 44.5 Å². The Hall–Kier alpha value is -3.00. The number of aromatic nitrogens is 2. The van der Waals surface area contributed by atoms with E-state index in [-0.39, 0.29) is 11.7 Å². The van der Waals surface area contributed by atoms with Gasteiger partial charge in [0.25, 0.3) is 5.22 Å². The van der Waals surface area contributed by atoms with Crippen LogP contribution < -0.4 is 14.8 Å². The lowest BCUT2D eigenvalue weighted by molar-refractivity contribution is -0.113. The van der Waals surface area contributed by atoms with E-state index in [9.17, 15) is 4.79 Å². The number of rotatable bonds is 9. The molecule has 2 aromatic carbocycles. The number of benzene rings is 2. The topological polar surface area (TPSA) is 86.5 Å². The van der Waals surface area contributed by atoms with E-state index in [0.717, 1.165) is 11.1 Å². The van der Waals surface area contributed by atoms with Crippen molar-refractivity contribution in [2.45, 2.75) is 26.0 Å². The van der Waals surface area contributed by atoms with Gasteiger partial charge in [-0.2, -0.15) is 0 Å². The summed E-state index contributed by atoms with van der Waals surface area (Å²) in [6.45, 7) is 6.83. The maximum atomic E-state index is 12.3. The third kappa shape index (κ3) is 5.51. The molecule has 0 unspecified atom stereocenters. The summed E-state index contributed by atoms with van der Waals surface area (Å²) in [7, 11) is 0. The highest BCUT2D eigenvalue weighted by Crippen LogP contribution is 2.31. The first kappa shape index (κ1) is 20.7. The Balaban J connectivity index is 1.59. The van der Waals surface area contributed by atoms with Gasteiger partial charge in [0.2, 0.25) is 11.8 Å². The van der Waals surface area contributed by atoms with Gasteiger partial charge >= 0.3 is 0 Å². The molecule has 0 radical (unpaired) electrons. The minimum atomic E-state index is -0.183. The lowest BCUT2D eigenvalue weighted by atomic mass is 10.1. The average Bonchev–Trinajstić information content (AvgIpc) is 3.18. The molecule has 3 rings (SSSR count). The van der Waals surface area contributed by atoms with Gasteiger partial charge in [-0.3, -0.25) is 4.79 Å². The van der Waals surface area contributed by atoms with Crippen molar-refractivity contribution in [1.29, 1.82) is 0 Å². The Morgan fingerprint density at radius 2 is 1.83 bits per heavy atom. The van der Waals surface area contributed by atoms with Gasteiger partial charge < -0.3 is 19.2 Å². The van der Waals surface area contributed by atoms with Gasteiger partial charge in [-0.25, -0.2) is 0 Å². The fraction of sp³-hybridized carbons (Fsp3) is 0.286. The lowest BCUT2D eigenvalue weighted by Gasteiger charge is -2.12. The lowest BCUT2D eigenvalue weighted by Crippen LogP contribution is -2.14. The van der Waals surface area contributed by atoms with E-state index < -0.39 is 0 Å². The third-order valence-corrected chi connectivity index (χ3v) is 4.75. The molecule has 0 aliphatic carbocycles. The molecule has 0 spiro atoms. The number of carbonyl (C=O) groups is 1. The normalized spacial score (nSPS) is 10.6. The molecular formula is C21H23N3O4S. The predicted octanol–water partition coefficient (Wildman–Crippen LogP) is 4.57. The number of anilines is 1. The zero-order chi connectivity index (χ0) is 20.6. The molecule has 29 heavy (non-hydrogen) atoms. The van der Waals surface area contributed by atoms with Crippen molar-refractivity contribution in [3.8, 4) is 23.0 Å². The van der Waals surface area contributed by atoms with Crippen LogP contribution in [0.2, 0.25) is 0 Å². The SMILES string of the molecule is CCOc1ccc(NC(=O)CSc2nnc(-c3ccccc3C)o2)cc1OCC. The molecule has 8 heteroatoms. The summed E-state index contributed by atoms with van der Waals surface area (Å²) in [5.74, 6) is 1.65. The van der Waals surface area contributed by atoms with Gasteiger partial charge in [0.15, 0.2) is 11.5 Å². The number of ether oxygens (including phenoxy) is 2. The molecule has 0 bridgehead atoms. The zero-order valence-electron chi connectivity index (χ0n) is 16.6. The molecule has 3 aromatic rings. The largest absolute Gasteiger partial charge is 0.490 e. The fourth-order valence-corrected chi connectivity index (χ4v) is 3.21. The molecule has 1 aromatic heterocycles. The van der Waals surface area contributed by atoms with E-state index in [4.69, 9.17) is 13.9 Å². The van der Waals surface area contributed by atoms with Crippen molar-refractivity contribution in [2.24, 2.45) is 0 Å². The Bertz CT molecular complexity index is 974. The summed E-state index contributed by atoms with van der Waals surface area (Å²) in [6, 6.07) is 13.1. The van der Waals surface area contributed by atoms with Crippen LogP contribution in [0.25, 0.3) is 11.5 Å². The van der Waals surface area contributed by atoms with E-state index in [2.05, 4.69) is 15.5 Å². The third-order valence-electron chi connectivity index (χ3n) is 3.94. The molecule has 0 fully saturated rings. The van der Waals surface area contributed by atoms with Crippen molar-refractivity contribution in [3.05, 3.63) is 48.0 Å². The number of amides is 1. The van der Waals surface area contributed by atoms with Gasteiger partial charge in [-0.1, -0.05) is 30.0 Å². The summed E-state index contributed by atoms with van der Waals surface area (Å²) >= 11 is 1.19. The minimum Gasteiger partial charge on any atom is -0.490 e. The molecule has 0 atom stereocenters. The van der Waals surface area contributed by atoms with Gasteiger partial charge in [0.1, 0.15) is 0 Å². The van der Waals surface area contributed by atoms with E-state index in [0.29, 0.717) is 41.5 Å². The van der Waals surface area contributed by atoms with E-state index in [1.165, 1.54) is 11.8 Å². The van der Waals surface area contributed by atoms with Crippen molar-refractivity contribution >= 4 is 23.4 Å². The van der Waals surface area contributed by atoms with Gasteiger partial charge in [-0.15, -0.1) is 10.2 Å². The minimum absolute atomic E-state index is 0.145. The molecule has 1 amide bonds. The Morgan fingerprint density at radius 3 is 2.59 bits per heavy atom. The van der Waals surface area contributed by atoms with Crippen LogP contribution in [-0.2, 0) is 4.79 Å². The smallest absolute Gasteiger partial charge is 0.277 e. The number of aryl methyl sites for hydroxylation is 1. The second kappa shape index (κ2) is 9.97. The maximum Gasteiger partial charge on any atom is 0.277 e. The first-order valence-corrected chi connectivity index (χ1v) is 10.3. The zero-order valence-corrected chi connectivity index (χ0v) is 17.4. The van der Waals surface area contributed by atoms with Crippen LogP contribution in [-0.4, -0.2) is 35.1 Å². The Labute approximate surface area is 173 Å². The number of hydrogen-bond acceptors (Lipinski definition) is 7. The van der Waals surface area contributed by atoms with Crippen LogP contribution in [0.3, 0.4) is 0 Å². The van der Waals surface area contributed by atoms with Crippen LogP contribution in [0, 0.1) is 6.92 Å². The van der Waals surface area contributed by atoms with E-state index in [1.54, 1.807) is 18.2 Å².